The van der Waals surface area contributed by atoms with Crippen molar-refractivity contribution in [3.05, 3.63) is 34.6 Å². The Bertz CT molecular complexity index is 496. The minimum Gasteiger partial charge on any atom is -0.334 e. The minimum atomic E-state index is 0.489. The fourth-order valence-corrected chi connectivity index (χ4v) is 1.59. The van der Waals surface area contributed by atoms with Crippen molar-refractivity contribution >= 4 is 11.6 Å². The molecule has 2 rings (SSSR count). The highest BCUT2D eigenvalue weighted by atomic mass is 35.5. The number of nitrogens with zero attached hydrogens (tertiary/aromatic N) is 2. The summed E-state index contributed by atoms with van der Waals surface area (Å²) in [5.41, 5.74) is 7.33. The number of hydrogen-bond donors (Lipinski definition) is 1. The molecule has 2 aromatic rings. The summed E-state index contributed by atoms with van der Waals surface area (Å²) in [6.07, 6.45) is 0.614. The van der Waals surface area contributed by atoms with E-state index < -0.39 is 0 Å². The van der Waals surface area contributed by atoms with Crippen LogP contribution in [0.15, 0.2) is 22.7 Å². The average Bonchev–Trinajstić information content (AvgIpc) is 2.71. The van der Waals surface area contributed by atoms with Crippen LogP contribution in [-0.2, 0) is 6.42 Å². The lowest BCUT2D eigenvalue weighted by atomic mass is 10.1. The van der Waals surface area contributed by atoms with Crippen LogP contribution in [0.2, 0.25) is 5.02 Å². The summed E-state index contributed by atoms with van der Waals surface area (Å²) in [7, 11) is 0. The van der Waals surface area contributed by atoms with Crippen molar-refractivity contribution in [3.63, 3.8) is 0 Å². The van der Waals surface area contributed by atoms with E-state index in [0.717, 1.165) is 11.1 Å². The summed E-state index contributed by atoms with van der Waals surface area (Å²) in [4.78, 5) is 4.26. The second kappa shape index (κ2) is 4.63. The van der Waals surface area contributed by atoms with E-state index in [1.54, 1.807) is 0 Å². The van der Waals surface area contributed by atoms with Crippen LogP contribution in [0.4, 0.5) is 0 Å². The number of nitrogens with two attached hydrogens (primary N) is 1. The number of aryl methyl sites for hydroxylation is 1. The van der Waals surface area contributed by atoms with Gasteiger partial charge in [-0.25, -0.2) is 0 Å². The second-order valence-corrected chi connectivity index (χ2v) is 3.95. The van der Waals surface area contributed by atoms with E-state index in [1.807, 2.05) is 25.1 Å². The van der Waals surface area contributed by atoms with Crippen LogP contribution in [0, 0.1) is 6.92 Å². The molecule has 4 nitrogen and oxygen atoms in total. The molecule has 0 atom stereocenters. The van der Waals surface area contributed by atoms with E-state index in [-0.39, 0.29) is 0 Å². The summed E-state index contributed by atoms with van der Waals surface area (Å²) in [6.45, 7) is 2.48. The number of benzene rings is 1. The average molecular weight is 238 g/mol. The number of hydrogen-bond acceptors (Lipinski definition) is 4. The first-order chi connectivity index (χ1) is 7.70. The van der Waals surface area contributed by atoms with E-state index in [4.69, 9.17) is 21.9 Å². The molecule has 1 heterocycles. The van der Waals surface area contributed by atoms with Gasteiger partial charge in [0.15, 0.2) is 5.82 Å². The highest BCUT2D eigenvalue weighted by Gasteiger charge is 2.11. The lowest BCUT2D eigenvalue weighted by Crippen LogP contribution is -2.03. The molecule has 16 heavy (non-hydrogen) atoms. The Kier molecular flexibility index (Phi) is 3.22. The fourth-order valence-electron chi connectivity index (χ4n) is 1.42. The molecule has 0 amide bonds. The van der Waals surface area contributed by atoms with Crippen LogP contribution in [0.25, 0.3) is 11.5 Å². The van der Waals surface area contributed by atoms with Crippen molar-refractivity contribution in [2.24, 2.45) is 5.73 Å². The van der Waals surface area contributed by atoms with Crippen LogP contribution < -0.4 is 5.73 Å². The highest BCUT2D eigenvalue weighted by molar-refractivity contribution is 6.30. The molecule has 1 aromatic heterocycles. The summed E-state index contributed by atoms with van der Waals surface area (Å²) in [5.74, 6) is 1.11. The van der Waals surface area contributed by atoms with Crippen molar-refractivity contribution in [3.8, 4) is 11.5 Å². The van der Waals surface area contributed by atoms with Gasteiger partial charge in [0.05, 0.1) is 0 Å². The predicted octanol–water partition coefficient (Wildman–Crippen LogP) is 2.20. The van der Waals surface area contributed by atoms with Crippen molar-refractivity contribution < 1.29 is 4.52 Å². The summed E-state index contributed by atoms with van der Waals surface area (Å²) < 4.78 is 5.16. The van der Waals surface area contributed by atoms with Gasteiger partial charge in [-0.15, -0.1) is 0 Å². The zero-order valence-corrected chi connectivity index (χ0v) is 9.66. The molecule has 0 aliphatic rings. The minimum absolute atomic E-state index is 0.489. The first kappa shape index (κ1) is 11.1. The molecule has 0 fully saturated rings. The van der Waals surface area contributed by atoms with Crippen LogP contribution in [0.1, 0.15) is 11.4 Å². The number of rotatable bonds is 3. The van der Waals surface area contributed by atoms with E-state index in [1.165, 1.54) is 0 Å². The Balaban J connectivity index is 2.38. The molecule has 0 radical (unpaired) electrons. The van der Waals surface area contributed by atoms with Gasteiger partial charge in [-0.2, -0.15) is 4.98 Å². The quantitative estimate of drug-likeness (QED) is 0.889. The van der Waals surface area contributed by atoms with Crippen molar-refractivity contribution in [2.75, 3.05) is 6.54 Å². The maximum Gasteiger partial charge on any atom is 0.258 e. The standard InChI is InChI=1S/C11H12ClN3O/c1-7-2-3-8(12)6-9(7)11-14-10(4-5-13)15-16-11/h2-3,6H,4-5,13H2,1H3. The number of halogens is 1. The maximum atomic E-state index is 5.92. The molecule has 0 unspecified atom stereocenters. The Hall–Kier alpha value is -1.39. The smallest absolute Gasteiger partial charge is 0.258 e. The lowest BCUT2D eigenvalue weighted by molar-refractivity contribution is 0.422. The third-order valence-corrected chi connectivity index (χ3v) is 2.50. The van der Waals surface area contributed by atoms with Crippen LogP contribution in [0.5, 0.6) is 0 Å². The monoisotopic (exact) mass is 237 g/mol. The van der Waals surface area contributed by atoms with Gasteiger partial charge in [-0.1, -0.05) is 22.8 Å². The molecular formula is C11H12ClN3O. The Labute approximate surface area is 98.4 Å². The molecule has 0 saturated carbocycles. The topological polar surface area (TPSA) is 64.9 Å². The molecule has 0 saturated heterocycles. The second-order valence-electron chi connectivity index (χ2n) is 3.51. The van der Waals surface area contributed by atoms with Crippen LogP contribution >= 0.6 is 11.6 Å². The largest absolute Gasteiger partial charge is 0.334 e. The molecule has 0 spiro atoms. The van der Waals surface area contributed by atoms with E-state index in [2.05, 4.69) is 10.1 Å². The molecule has 0 aliphatic heterocycles. The first-order valence-corrected chi connectivity index (χ1v) is 5.37. The van der Waals surface area contributed by atoms with Gasteiger partial charge < -0.3 is 10.3 Å². The Morgan fingerprint density at radius 1 is 1.44 bits per heavy atom. The van der Waals surface area contributed by atoms with Crippen LogP contribution in [-0.4, -0.2) is 16.7 Å². The first-order valence-electron chi connectivity index (χ1n) is 5.00. The Morgan fingerprint density at radius 2 is 2.25 bits per heavy atom. The molecule has 2 N–H and O–H groups in total. The molecule has 0 aliphatic carbocycles. The molecule has 0 bridgehead atoms. The molecule has 1 aromatic carbocycles. The van der Waals surface area contributed by atoms with Gasteiger partial charge in [-0.05, 0) is 31.2 Å². The predicted molar refractivity (Wildman–Crippen MR) is 62.2 cm³/mol. The van der Waals surface area contributed by atoms with Crippen molar-refractivity contribution in [1.29, 1.82) is 0 Å². The SMILES string of the molecule is Cc1ccc(Cl)cc1-c1nc(CCN)no1. The van der Waals surface area contributed by atoms with Gasteiger partial charge in [-0.3, -0.25) is 0 Å². The summed E-state index contributed by atoms with van der Waals surface area (Å²) in [5, 5.41) is 4.50. The Morgan fingerprint density at radius 3 is 3.00 bits per heavy atom. The summed E-state index contributed by atoms with van der Waals surface area (Å²) in [6, 6.07) is 5.57. The van der Waals surface area contributed by atoms with Gasteiger partial charge >= 0.3 is 0 Å². The third-order valence-electron chi connectivity index (χ3n) is 2.27. The third kappa shape index (κ3) is 2.23. The van der Waals surface area contributed by atoms with Crippen molar-refractivity contribution in [1.82, 2.24) is 10.1 Å². The zero-order chi connectivity index (χ0) is 11.5. The van der Waals surface area contributed by atoms with Gasteiger partial charge in [0.1, 0.15) is 0 Å². The molecule has 84 valence electrons. The normalized spacial score (nSPS) is 10.7. The van der Waals surface area contributed by atoms with Crippen LogP contribution in [0.3, 0.4) is 0 Å². The lowest BCUT2D eigenvalue weighted by Gasteiger charge is -2.00. The number of aromatic nitrogens is 2. The summed E-state index contributed by atoms with van der Waals surface area (Å²) >= 11 is 5.92. The molecular weight excluding hydrogens is 226 g/mol. The maximum absolute atomic E-state index is 5.92. The highest BCUT2D eigenvalue weighted by Crippen LogP contribution is 2.25. The van der Waals surface area contributed by atoms with Crippen molar-refractivity contribution in [2.45, 2.75) is 13.3 Å². The van der Waals surface area contributed by atoms with E-state index >= 15 is 0 Å². The molecule has 5 heteroatoms. The van der Waals surface area contributed by atoms with Gasteiger partial charge in [0, 0.05) is 17.0 Å². The van der Waals surface area contributed by atoms with E-state index in [9.17, 15) is 0 Å². The zero-order valence-electron chi connectivity index (χ0n) is 8.90. The fraction of sp³-hybridized carbons (Fsp3) is 0.273. The van der Waals surface area contributed by atoms with Gasteiger partial charge in [0.25, 0.3) is 5.89 Å². The van der Waals surface area contributed by atoms with E-state index in [0.29, 0.717) is 29.7 Å². The van der Waals surface area contributed by atoms with Gasteiger partial charge in [0.2, 0.25) is 0 Å².